The van der Waals surface area contributed by atoms with Crippen molar-refractivity contribution in [2.75, 3.05) is 0 Å². The summed E-state index contributed by atoms with van der Waals surface area (Å²) in [6.07, 6.45) is 18.2. The van der Waals surface area contributed by atoms with E-state index in [2.05, 4.69) is 292 Å². The SMILES string of the molecule is Cn1c(-c2[c-]c3c(cc2)c2ccccc2n3-c2[c-]c(-c3ccc(-c4ccncc4)cn3)ccc2)nc2ccccc21.Cn1c(-c2[c-]c3c(cc2)c2ccccc2n3-c2[c-]c(-c3cccc(-c4ccncc4)n3)ccc2)nc2ccccc21.Cn1c(-c2[c-]c3c(cc2-c2ccncc2)c2cc(-c4ccncc4)ccc2n3-c2[c-]c(-c3ccccn3)ccc2)nc2ccccc21.[Pt+2].[Pt+2].[Pt+2]. The van der Waals surface area contributed by atoms with Gasteiger partial charge in [0.25, 0.3) is 0 Å². The fraction of sp³-hybridized carbons (Fsp3) is 0.0265. The van der Waals surface area contributed by atoms with Crippen molar-refractivity contribution in [3.05, 3.63) is 420 Å². The molecular weight excluding hydrogens is 2170 g/mol. The van der Waals surface area contributed by atoms with Crippen LogP contribution in [0.5, 0.6) is 0 Å². The van der Waals surface area contributed by atoms with Crippen LogP contribution in [0.4, 0.5) is 0 Å². The summed E-state index contributed by atoms with van der Waals surface area (Å²) >= 11 is 0. The molecule has 0 spiro atoms. The number of hydrogen-bond acceptors (Lipinski definition) is 10. The molecule has 19 heteroatoms. The molecular formula is C113H72N16Pt3. The molecule has 0 fully saturated rings. The van der Waals surface area contributed by atoms with E-state index in [0.29, 0.717) is 0 Å². The molecule has 0 unspecified atom stereocenters. The first-order valence-corrected chi connectivity index (χ1v) is 42.5. The molecule has 0 aliphatic carbocycles. The van der Waals surface area contributed by atoms with Gasteiger partial charge in [-0.1, -0.05) is 154 Å². The number of nitrogens with zero attached hydrogens (tertiary/aromatic N) is 16. The van der Waals surface area contributed by atoms with E-state index in [9.17, 15) is 0 Å². The number of benzene rings is 12. The van der Waals surface area contributed by atoms with Crippen molar-refractivity contribution in [2.24, 2.45) is 21.1 Å². The minimum atomic E-state index is 0. The standard InChI is InChI=1S/C41H26N6.2C36H23N5.3Pt/c1-46-39-11-3-2-10-37(39)45-41(46)35-26-40-34(25-32(35)28-16-21-43-22-17-28)33-24-29(27-14-19-42-20-15-27)12-13-38(33)47(40)31-8-6-7-30(23-31)36-9-4-5-18-44-36;1-40-34-15-5-3-11-32(34)39-36(40)26-16-17-29-28-10-2-4-14-33(28)41(35(29)23-26)27-9-6-8-25(22-27)31-13-7-12-30(38-31)24-18-20-37-21-19-24;1-40-34-12-5-3-10-32(34)39-36(40)26-13-15-30-29-9-2-4-11-33(29)41(35(30)22-26)28-8-6-7-25(21-28)31-16-14-27(23-38-31)24-17-19-37-20-18-24;;;/h2-22,24-25H,1H3;2-21H,1H3;2-20,23H,1H3;;;/q3*-2;3*+2. The Morgan fingerprint density at radius 3 is 1.12 bits per heavy atom. The van der Waals surface area contributed by atoms with Crippen LogP contribution in [0.25, 0.3) is 228 Å². The van der Waals surface area contributed by atoms with Gasteiger partial charge in [-0.05, 0) is 204 Å². The summed E-state index contributed by atoms with van der Waals surface area (Å²) in [7, 11) is 6.19. The van der Waals surface area contributed by atoms with Gasteiger partial charge in [-0.25, -0.2) is 0 Å². The Morgan fingerprint density at radius 2 is 0.629 bits per heavy atom. The number of aryl methyl sites for hydroxylation is 3. The van der Waals surface area contributed by atoms with E-state index in [-0.39, 0.29) is 63.2 Å². The summed E-state index contributed by atoms with van der Waals surface area (Å²) in [6, 6.07) is 132. The first kappa shape index (κ1) is 84.7. The largest absolute Gasteiger partial charge is 2.00 e. The second kappa shape index (κ2) is 36.2. The molecule has 25 aromatic rings. The monoisotopic (exact) mass is 2240 g/mol. The van der Waals surface area contributed by atoms with E-state index in [0.717, 1.165) is 217 Å². The Balaban J connectivity index is 0.000000122. The van der Waals surface area contributed by atoms with Crippen LogP contribution in [0.3, 0.4) is 0 Å². The number of rotatable bonds is 13. The summed E-state index contributed by atoms with van der Waals surface area (Å²) in [5.41, 5.74) is 31.7. The van der Waals surface area contributed by atoms with Crippen molar-refractivity contribution in [2.45, 2.75) is 0 Å². The van der Waals surface area contributed by atoms with Crippen molar-refractivity contribution < 1.29 is 63.2 Å². The maximum absolute atomic E-state index is 5.12. The van der Waals surface area contributed by atoms with Gasteiger partial charge in [-0.3, -0.25) is 39.9 Å². The maximum Gasteiger partial charge on any atom is 2.00 e. The van der Waals surface area contributed by atoms with E-state index in [1.165, 1.54) is 10.8 Å². The molecule has 0 amide bonds. The van der Waals surface area contributed by atoms with Gasteiger partial charge in [0.05, 0.1) is 56.3 Å². The molecule has 13 heterocycles. The van der Waals surface area contributed by atoms with Crippen molar-refractivity contribution in [1.29, 1.82) is 0 Å². The molecule has 13 aromatic heterocycles. The van der Waals surface area contributed by atoms with Crippen molar-refractivity contribution in [3.63, 3.8) is 0 Å². The number of para-hydroxylation sites is 8. The van der Waals surface area contributed by atoms with Gasteiger partial charge in [-0.2, -0.15) is 0 Å². The predicted molar refractivity (Wildman–Crippen MR) is 517 cm³/mol. The number of aromatic nitrogens is 16. The van der Waals surface area contributed by atoms with Gasteiger partial charge >= 0.3 is 63.2 Å². The van der Waals surface area contributed by atoms with Crippen molar-refractivity contribution in [3.8, 4) is 130 Å². The Hall–Kier alpha value is -15.4. The molecule has 25 rings (SSSR count). The molecule has 0 saturated carbocycles. The zero-order valence-corrected chi connectivity index (χ0v) is 77.8. The third kappa shape index (κ3) is 15.5. The van der Waals surface area contributed by atoms with Crippen molar-refractivity contribution in [1.82, 2.24) is 77.2 Å². The molecule has 16 nitrogen and oxygen atoms in total. The van der Waals surface area contributed by atoms with Crippen LogP contribution in [-0.4, -0.2) is 77.2 Å². The van der Waals surface area contributed by atoms with Gasteiger partial charge in [0, 0.05) is 105 Å². The summed E-state index contributed by atoms with van der Waals surface area (Å²) in [4.78, 5) is 46.1. The van der Waals surface area contributed by atoms with Gasteiger partial charge in [-0.15, -0.1) is 149 Å². The normalized spacial score (nSPS) is 11.3. The van der Waals surface area contributed by atoms with Gasteiger partial charge in [0.15, 0.2) is 0 Å². The minimum Gasteiger partial charge on any atom is -0.367 e. The molecule has 0 aliphatic rings. The van der Waals surface area contributed by atoms with Crippen LogP contribution in [0.2, 0.25) is 0 Å². The van der Waals surface area contributed by atoms with Crippen molar-refractivity contribution >= 4 is 98.5 Å². The third-order valence-electron chi connectivity index (χ3n) is 24.1. The Morgan fingerprint density at radius 1 is 0.227 bits per heavy atom. The second-order valence-electron chi connectivity index (χ2n) is 31.7. The number of imidazole rings is 3. The average molecular weight is 2240 g/mol. The molecule has 634 valence electrons. The minimum absolute atomic E-state index is 0. The molecule has 0 aliphatic heterocycles. The van der Waals surface area contributed by atoms with E-state index in [1.807, 2.05) is 177 Å². The molecule has 12 aromatic carbocycles. The zero-order chi connectivity index (χ0) is 86.0. The molecule has 132 heavy (non-hydrogen) atoms. The summed E-state index contributed by atoms with van der Waals surface area (Å²) in [5.74, 6) is 2.63. The Bertz CT molecular complexity index is 8610. The van der Waals surface area contributed by atoms with E-state index >= 15 is 0 Å². The molecule has 0 bridgehead atoms. The average Bonchev–Trinajstić information content (AvgIpc) is 1.58. The fourth-order valence-corrected chi connectivity index (χ4v) is 17.9. The first-order chi connectivity index (χ1) is 63.7. The van der Waals surface area contributed by atoms with E-state index < -0.39 is 0 Å². The molecule has 0 atom stereocenters. The summed E-state index contributed by atoms with van der Waals surface area (Å²) in [5, 5.41) is 6.83. The van der Waals surface area contributed by atoms with Crippen LogP contribution in [0.15, 0.2) is 383 Å². The smallest absolute Gasteiger partial charge is 0.367 e. The predicted octanol–water partition coefficient (Wildman–Crippen LogP) is 25.2. The number of pyridine rings is 7. The first-order valence-electron chi connectivity index (χ1n) is 42.5. The third-order valence-corrected chi connectivity index (χ3v) is 24.1. The maximum atomic E-state index is 5.12. The quantitative estimate of drug-likeness (QED) is 0.102. The Kier molecular flexibility index (Phi) is 23.3. The van der Waals surface area contributed by atoms with Crippen LogP contribution in [-0.2, 0) is 84.3 Å². The van der Waals surface area contributed by atoms with Crippen LogP contribution in [0, 0.1) is 36.4 Å². The molecule has 0 N–H and O–H groups in total. The second-order valence-corrected chi connectivity index (χ2v) is 31.7. The van der Waals surface area contributed by atoms with E-state index in [4.69, 9.17) is 24.9 Å². The topological polar surface area (TPSA) is 158 Å². The molecule has 0 saturated heterocycles. The number of fused-ring (bicyclic) bond motifs is 12. The van der Waals surface area contributed by atoms with Crippen LogP contribution < -0.4 is 0 Å². The van der Waals surface area contributed by atoms with Gasteiger partial charge < -0.3 is 37.4 Å². The number of hydrogen-bond donors (Lipinski definition) is 0. The summed E-state index contributed by atoms with van der Waals surface area (Å²) < 4.78 is 13.2. The Labute approximate surface area is 802 Å². The molecule has 0 radical (unpaired) electrons. The fourth-order valence-electron chi connectivity index (χ4n) is 17.9. The van der Waals surface area contributed by atoms with E-state index in [1.54, 1.807) is 24.8 Å². The van der Waals surface area contributed by atoms with Crippen LogP contribution in [0.1, 0.15) is 0 Å². The van der Waals surface area contributed by atoms with Crippen LogP contribution >= 0.6 is 0 Å². The van der Waals surface area contributed by atoms with Gasteiger partial charge in [0.2, 0.25) is 0 Å². The zero-order valence-electron chi connectivity index (χ0n) is 71.0. The summed E-state index contributed by atoms with van der Waals surface area (Å²) in [6.45, 7) is 0. The van der Waals surface area contributed by atoms with Gasteiger partial charge in [0.1, 0.15) is 0 Å².